The number of hydrogen-bond donors (Lipinski definition) is 0. The zero-order chi connectivity index (χ0) is 14.8. The monoisotopic (exact) mass is 338 g/mol. The van der Waals surface area contributed by atoms with Crippen LogP contribution in [0.2, 0.25) is 10.0 Å². The van der Waals surface area contributed by atoms with E-state index < -0.39 is 11.9 Å². The SMILES string of the molecule is FC(F)(F)c1ccnc(SCc2ccc(Cl)cc2Cl)n1. The summed E-state index contributed by atoms with van der Waals surface area (Å²) < 4.78 is 37.5. The average Bonchev–Trinajstić information content (AvgIpc) is 2.37. The van der Waals surface area contributed by atoms with Crippen LogP contribution < -0.4 is 0 Å². The molecule has 0 aliphatic carbocycles. The number of aromatic nitrogens is 2. The van der Waals surface area contributed by atoms with Gasteiger partial charge in [0.25, 0.3) is 0 Å². The van der Waals surface area contributed by atoms with Crippen LogP contribution in [-0.4, -0.2) is 9.97 Å². The molecule has 8 heteroatoms. The summed E-state index contributed by atoms with van der Waals surface area (Å²) in [5.74, 6) is 0.358. The predicted octanol–water partition coefficient (Wildman–Crippen LogP) is 5.09. The molecule has 20 heavy (non-hydrogen) atoms. The number of nitrogens with zero attached hydrogens (tertiary/aromatic N) is 2. The second kappa shape index (κ2) is 6.20. The molecule has 0 atom stereocenters. The number of rotatable bonds is 3. The van der Waals surface area contributed by atoms with E-state index in [-0.39, 0.29) is 5.16 Å². The molecule has 0 bridgehead atoms. The van der Waals surface area contributed by atoms with Crippen molar-refractivity contribution in [2.75, 3.05) is 0 Å². The summed E-state index contributed by atoms with van der Waals surface area (Å²) in [6.07, 6.45) is -3.39. The largest absolute Gasteiger partial charge is 0.433 e. The maximum absolute atomic E-state index is 12.5. The summed E-state index contributed by atoms with van der Waals surface area (Å²) in [6.45, 7) is 0. The van der Waals surface area contributed by atoms with Crippen molar-refractivity contribution in [3.05, 3.63) is 51.8 Å². The third-order valence-electron chi connectivity index (χ3n) is 2.30. The zero-order valence-electron chi connectivity index (χ0n) is 9.79. The highest BCUT2D eigenvalue weighted by molar-refractivity contribution is 7.98. The van der Waals surface area contributed by atoms with Gasteiger partial charge in [0.15, 0.2) is 5.16 Å². The Kier molecular flexibility index (Phi) is 4.78. The summed E-state index contributed by atoms with van der Waals surface area (Å²) >= 11 is 12.8. The lowest BCUT2D eigenvalue weighted by atomic mass is 10.2. The molecule has 0 unspecified atom stereocenters. The minimum atomic E-state index is -4.48. The molecule has 0 aliphatic heterocycles. The second-order valence-electron chi connectivity index (χ2n) is 3.75. The number of thioether (sulfide) groups is 1. The Labute approximate surface area is 127 Å². The van der Waals surface area contributed by atoms with Crippen molar-refractivity contribution in [3.63, 3.8) is 0 Å². The molecule has 0 spiro atoms. The quantitative estimate of drug-likeness (QED) is 0.575. The molecule has 0 aliphatic rings. The fraction of sp³-hybridized carbons (Fsp3) is 0.167. The minimum absolute atomic E-state index is 0.0471. The molecule has 0 fully saturated rings. The Balaban J connectivity index is 2.11. The number of benzene rings is 1. The van der Waals surface area contributed by atoms with E-state index in [1.54, 1.807) is 18.2 Å². The summed E-state index contributed by atoms with van der Waals surface area (Å²) in [6, 6.07) is 5.78. The highest BCUT2D eigenvalue weighted by Crippen LogP contribution is 2.30. The van der Waals surface area contributed by atoms with Gasteiger partial charge < -0.3 is 0 Å². The molecular weight excluding hydrogens is 332 g/mol. The van der Waals surface area contributed by atoms with Crippen LogP contribution in [0, 0.1) is 0 Å². The molecule has 106 valence electrons. The van der Waals surface area contributed by atoms with Crippen LogP contribution in [0.25, 0.3) is 0 Å². The Bertz CT molecular complexity index is 620. The Morgan fingerprint density at radius 2 is 1.90 bits per heavy atom. The van der Waals surface area contributed by atoms with Crippen molar-refractivity contribution < 1.29 is 13.2 Å². The van der Waals surface area contributed by atoms with E-state index >= 15 is 0 Å². The van der Waals surface area contributed by atoms with Crippen molar-refractivity contribution in [2.24, 2.45) is 0 Å². The van der Waals surface area contributed by atoms with Gasteiger partial charge in [-0.25, -0.2) is 9.97 Å². The van der Waals surface area contributed by atoms with Crippen LogP contribution >= 0.6 is 35.0 Å². The van der Waals surface area contributed by atoms with Crippen molar-refractivity contribution in [1.82, 2.24) is 9.97 Å². The first-order valence-electron chi connectivity index (χ1n) is 5.33. The van der Waals surface area contributed by atoms with Gasteiger partial charge in [0.1, 0.15) is 5.69 Å². The van der Waals surface area contributed by atoms with Crippen molar-refractivity contribution in [2.45, 2.75) is 17.1 Å². The second-order valence-corrected chi connectivity index (χ2v) is 5.53. The predicted molar refractivity (Wildman–Crippen MR) is 73.1 cm³/mol. The van der Waals surface area contributed by atoms with E-state index in [9.17, 15) is 13.2 Å². The molecule has 0 saturated heterocycles. The van der Waals surface area contributed by atoms with Crippen molar-refractivity contribution >= 4 is 35.0 Å². The number of alkyl halides is 3. The maximum Gasteiger partial charge on any atom is 0.433 e. The molecule has 2 rings (SSSR count). The van der Waals surface area contributed by atoms with Crippen molar-refractivity contribution in [3.8, 4) is 0 Å². The first kappa shape index (κ1) is 15.4. The highest BCUT2D eigenvalue weighted by Gasteiger charge is 2.32. The molecule has 0 amide bonds. The lowest BCUT2D eigenvalue weighted by Crippen LogP contribution is -2.08. The van der Waals surface area contributed by atoms with Gasteiger partial charge in [0.2, 0.25) is 0 Å². The highest BCUT2D eigenvalue weighted by atomic mass is 35.5. The fourth-order valence-corrected chi connectivity index (χ4v) is 2.74. The molecule has 2 aromatic rings. The van der Waals surface area contributed by atoms with E-state index in [0.29, 0.717) is 15.8 Å². The maximum atomic E-state index is 12.5. The van der Waals surface area contributed by atoms with Gasteiger partial charge in [-0.05, 0) is 23.8 Å². The van der Waals surface area contributed by atoms with Gasteiger partial charge in [-0.2, -0.15) is 13.2 Å². The molecule has 0 N–H and O–H groups in total. The van der Waals surface area contributed by atoms with Gasteiger partial charge in [0, 0.05) is 22.0 Å². The van der Waals surface area contributed by atoms with Gasteiger partial charge in [-0.1, -0.05) is 41.0 Å². The number of hydrogen-bond acceptors (Lipinski definition) is 3. The lowest BCUT2D eigenvalue weighted by molar-refractivity contribution is -0.141. The molecular formula is C12H7Cl2F3N2S. The van der Waals surface area contributed by atoms with E-state index in [4.69, 9.17) is 23.2 Å². The number of halogens is 5. The average molecular weight is 339 g/mol. The van der Waals surface area contributed by atoms with Gasteiger partial charge >= 0.3 is 6.18 Å². The summed E-state index contributed by atoms with van der Waals surface area (Å²) in [7, 11) is 0. The van der Waals surface area contributed by atoms with Gasteiger partial charge in [0.05, 0.1) is 0 Å². The first-order valence-corrected chi connectivity index (χ1v) is 7.07. The van der Waals surface area contributed by atoms with Crippen LogP contribution in [0.15, 0.2) is 35.6 Å². The smallest absolute Gasteiger partial charge is 0.231 e. The molecule has 1 aromatic carbocycles. The standard InChI is InChI=1S/C12H7Cl2F3N2S/c13-8-2-1-7(9(14)5-8)6-20-11-18-4-3-10(19-11)12(15,16)17/h1-5H,6H2. The topological polar surface area (TPSA) is 25.8 Å². The van der Waals surface area contributed by atoms with E-state index in [0.717, 1.165) is 29.6 Å². The summed E-state index contributed by atoms with van der Waals surface area (Å²) in [5.41, 5.74) is -0.209. The lowest BCUT2D eigenvalue weighted by Gasteiger charge is -2.07. The molecule has 0 radical (unpaired) electrons. The summed E-state index contributed by atoms with van der Waals surface area (Å²) in [4.78, 5) is 7.26. The van der Waals surface area contributed by atoms with E-state index in [1.165, 1.54) is 0 Å². The minimum Gasteiger partial charge on any atom is -0.231 e. The normalized spacial score (nSPS) is 11.7. The first-order chi connectivity index (χ1) is 9.36. The van der Waals surface area contributed by atoms with Crippen LogP contribution in [0.1, 0.15) is 11.3 Å². The Morgan fingerprint density at radius 1 is 1.15 bits per heavy atom. The summed E-state index contributed by atoms with van der Waals surface area (Å²) in [5, 5.41) is 1.00. The van der Waals surface area contributed by atoms with Gasteiger partial charge in [-0.3, -0.25) is 0 Å². The molecule has 1 heterocycles. The van der Waals surface area contributed by atoms with Crippen molar-refractivity contribution in [1.29, 1.82) is 0 Å². The third-order valence-corrected chi connectivity index (χ3v) is 3.79. The molecule has 0 saturated carbocycles. The third kappa shape index (κ3) is 4.01. The zero-order valence-corrected chi connectivity index (χ0v) is 12.1. The Hall–Kier alpha value is -0.980. The van der Waals surface area contributed by atoms with Crippen LogP contribution in [0.5, 0.6) is 0 Å². The fourth-order valence-electron chi connectivity index (χ4n) is 1.35. The van der Waals surface area contributed by atoms with Crippen LogP contribution in [0.3, 0.4) is 0 Å². The van der Waals surface area contributed by atoms with Gasteiger partial charge in [-0.15, -0.1) is 0 Å². The van der Waals surface area contributed by atoms with Crippen LogP contribution in [-0.2, 0) is 11.9 Å². The van der Waals surface area contributed by atoms with E-state index in [2.05, 4.69) is 9.97 Å². The Morgan fingerprint density at radius 3 is 2.55 bits per heavy atom. The molecule has 1 aromatic heterocycles. The molecule has 2 nitrogen and oxygen atoms in total. The van der Waals surface area contributed by atoms with E-state index in [1.807, 2.05) is 0 Å². The van der Waals surface area contributed by atoms with Crippen LogP contribution in [0.4, 0.5) is 13.2 Å².